The highest BCUT2D eigenvalue weighted by Crippen LogP contribution is 2.66. The number of aliphatic hydroxyl groups is 1. The van der Waals surface area contributed by atoms with E-state index < -0.39 is 0 Å². The zero-order chi connectivity index (χ0) is 20.4. The molecule has 0 spiro atoms. The van der Waals surface area contributed by atoms with E-state index in [4.69, 9.17) is 0 Å². The summed E-state index contributed by atoms with van der Waals surface area (Å²) in [7, 11) is 0. The molecule has 0 heterocycles. The van der Waals surface area contributed by atoms with E-state index in [1.165, 1.54) is 25.7 Å². The van der Waals surface area contributed by atoms with E-state index >= 15 is 0 Å². The number of allylic oxidation sites excluding steroid dienone is 1. The van der Waals surface area contributed by atoms with Gasteiger partial charge in [0.1, 0.15) is 0 Å². The molecule has 4 saturated carbocycles. The zero-order valence-corrected chi connectivity index (χ0v) is 19.2. The van der Waals surface area contributed by atoms with Crippen LogP contribution in [-0.4, -0.2) is 17.0 Å². The topological polar surface area (TPSA) is 37.3 Å². The van der Waals surface area contributed by atoms with Gasteiger partial charge in [0.15, 0.2) is 5.78 Å². The number of fused-ring (bicyclic) bond motifs is 5. The van der Waals surface area contributed by atoms with Crippen LogP contribution >= 0.6 is 15.9 Å². The van der Waals surface area contributed by atoms with Crippen LogP contribution in [0.4, 0.5) is 0 Å². The fourth-order valence-electron chi connectivity index (χ4n) is 7.87. The van der Waals surface area contributed by atoms with Crippen molar-refractivity contribution in [2.45, 2.75) is 71.3 Å². The Bertz CT molecular complexity index is 843. The standard InChI is InChI=1S/C26H33BrO2/c1-25-12-11-22-20(21(25)9-10-24(25)29)8-5-18-14-23(28)17(15-26(18,22)2)13-16-3-6-19(27)7-4-16/h3-4,6-7,13,18,20-22,24,29H,5,8-12,14-15H2,1-2H3. The molecule has 5 rings (SSSR count). The Labute approximate surface area is 183 Å². The van der Waals surface area contributed by atoms with Gasteiger partial charge < -0.3 is 5.11 Å². The van der Waals surface area contributed by atoms with Crippen molar-refractivity contribution in [3.63, 3.8) is 0 Å². The van der Waals surface area contributed by atoms with Crippen molar-refractivity contribution in [3.05, 3.63) is 39.9 Å². The van der Waals surface area contributed by atoms with Crippen molar-refractivity contribution in [1.29, 1.82) is 0 Å². The first kappa shape index (κ1) is 20.0. The van der Waals surface area contributed by atoms with Crippen LogP contribution in [0.1, 0.15) is 70.8 Å². The van der Waals surface area contributed by atoms with Gasteiger partial charge in [0.25, 0.3) is 0 Å². The smallest absolute Gasteiger partial charge is 0.159 e. The van der Waals surface area contributed by atoms with E-state index in [-0.39, 0.29) is 16.9 Å². The Kier molecular flexibility index (Phi) is 4.86. The van der Waals surface area contributed by atoms with Crippen LogP contribution in [0.5, 0.6) is 0 Å². The van der Waals surface area contributed by atoms with E-state index in [0.717, 1.165) is 47.2 Å². The second-order valence-corrected chi connectivity index (χ2v) is 11.7. The lowest BCUT2D eigenvalue weighted by Gasteiger charge is -2.60. The van der Waals surface area contributed by atoms with Gasteiger partial charge in [-0.15, -0.1) is 0 Å². The molecule has 4 fully saturated rings. The lowest BCUT2D eigenvalue weighted by atomic mass is 9.45. The number of hydrogen-bond donors (Lipinski definition) is 1. The average molecular weight is 457 g/mol. The molecule has 0 saturated heterocycles. The SMILES string of the molecule is CC12CCC3C(CCC4CC(=O)C(=Cc5ccc(Br)cc5)CC43C)C1CCC2O. The number of aliphatic hydroxyl groups excluding tert-OH is 1. The molecule has 2 nitrogen and oxygen atoms in total. The maximum atomic E-state index is 13.0. The largest absolute Gasteiger partial charge is 0.393 e. The van der Waals surface area contributed by atoms with Crippen LogP contribution in [0, 0.1) is 34.5 Å². The summed E-state index contributed by atoms with van der Waals surface area (Å²) >= 11 is 3.50. The third kappa shape index (κ3) is 3.10. The van der Waals surface area contributed by atoms with Crippen LogP contribution in [0.25, 0.3) is 6.08 Å². The second-order valence-electron chi connectivity index (χ2n) is 10.8. The maximum absolute atomic E-state index is 13.0. The Morgan fingerprint density at radius 2 is 1.72 bits per heavy atom. The van der Waals surface area contributed by atoms with Crippen LogP contribution in [-0.2, 0) is 4.79 Å². The molecule has 156 valence electrons. The van der Waals surface area contributed by atoms with Crippen LogP contribution in [0.3, 0.4) is 0 Å². The number of ketones is 1. The van der Waals surface area contributed by atoms with Gasteiger partial charge in [0, 0.05) is 10.9 Å². The number of Topliss-reactive ketones (excluding diaryl/α,β-unsaturated/α-hetero) is 1. The fraction of sp³-hybridized carbons (Fsp3) is 0.654. The van der Waals surface area contributed by atoms with Gasteiger partial charge >= 0.3 is 0 Å². The molecular weight excluding hydrogens is 424 g/mol. The van der Waals surface area contributed by atoms with Crippen molar-refractivity contribution in [1.82, 2.24) is 0 Å². The van der Waals surface area contributed by atoms with Crippen LogP contribution in [0.2, 0.25) is 0 Å². The predicted octanol–water partition coefficient (Wildman–Crippen LogP) is 6.42. The first-order valence-electron chi connectivity index (χ1n) is 11.5. The molecule has 1 N–H and O–H groups in total. The van der Waals surface area contributed by atoms with E-state index in [9.17, 15) is 9.90 Å². The molecule has 0 bridgehead atoms. The number of benzene rings is 1. The molecule has 29 heavy (non-hydrogen) atoms. The number of halogens is 1. The summed E-state index contributed by atoms with van der Waals surface area (Å²) in [5.41, 5.74) is 2.52. The molecule has 4 aliphatic rings. The highest BCUT2D eigenvalue weighted by atomic mass is 79.9. The molecule has 1 aromatic carbocycles. The highest BCUT2D eigenvalue weighted by molar-refractivity contribution is 9.10. The summed E-state index contributed by atoms with van der Waals surface area (Å²) < 4.78 is 1.07. The molecule has 4 aliphatic carbocycles. The average Bonchev–Trinajstić information content (AvgIpc) is 3.00. The highest BCUT2D eigenvalue weighted by Gasteiger charge is 2.60. The number of rotatable bonds is 1. The minimum atomic E-state index is -0.111. The van der Waals surface area contributed by atoms with Gasteiger partial charge in [-0.05, 0) is 109 Å². The molecule has 7 atom stereocenters. The Balaban J connectivity index is 1.45. The van der Waals surface area contributed by atoms with Gasteiger partial charge in [-0.3, -0.25) is 4.79 Å². The monoisotopic (exact) mass is 456 g/mol. The summed E-state index contributed by atoms with van der Waals surface area (Å²) in [5, 5.41) is 10.7. The minimum absolute atomic E-state index is 0.111. The van der Waals surface area contributed by atoms with Gasteiger partial charge in [0.2, 0.25) is 0 Å². The maximum Gasteiger partial charge on any atom is 0.159 e. The van der Waals surface area contributed by atoms with Gasteiger partial charge in [-0.1, -0.05) is 41.9 Å². The van der Waals surface area contributed by atoms with Gasteiger partial charge in [-0.25, -0.2) is 0 Å². The molecule has 0 amide bonds. The Morgan fingerprint density at radius 3 is 2.48 bits per heavy atom. The summed E-state index contributed by atoms with van der Waals surface area (Å²) in [6, 6.07) is 8.28. The minimum Gasteiger partial charge on any atom is -0.393 e. The summed E-state index contributed by atoms with van der Waals surface area (Å²) in [5.74, 6) is 3.01. The lowest BCUT2D eigenvalue weighted by Crippen LogP contribution is -2.54. The number of hydrogen-bond acceptors (Lipinski definition) is 2. The van der Waals surface area contributed by atoms with Crippen LogP contribution < -0.4 is 0 Å². The van der Waals surface area contributed by atoms with Crippen molar-refractivity contribution < 1.29 is 9.90 Å². The molecule has 3 heteroatoms. The van der Waals surface area contributed by atoms with E-state index in [1.807, 2.05) is 12.1 Å². The van der Waals surface area contributed by atoms with Crippen molar-refractivity contribution in [2.24, 2.45) is 34.5 Å². The van der Waals surface area contributed by atoms with Crippen molar-refractivity contribution >= 4 is 27.8 Å². The van der Waals surface area contributed by atoms with Crippen LogP contribution in [0.15, 0.2) is 34.3 Å². The van der Waals surface area contributed by atoms with E-state index in [2.05, 4.69) is 48.0 Å². The molecule has 7 unspecified atom stereocenters. The van der Waals surface area contributed by atoms with Gasteiger partial charge in [0.05, 0.1) is 6.10 Å². The fourth-order valence-corrected chi connectivity index (χ4v) is 8.14. The Morgan fingerprint density at radius 1 is 1.00 bits per heavy atom. The normalized spacial score (nSPS) is 45.6. The van der Waals surface area contributed by atoms with Crippen molar-refractivity contribution in [2.75, 3.05) is 0 Å². The molecular formula is C26H33BrO2. The Hall–Kier alpha value is -0.930. The van der Waals surface area contributed by atoms with E-state index in [1.54, 1.807) is 0 Å². The summed E-state index contributed by atoms with van der Waals surface area (Å²) in [4.78, 5) is 13.0. The van der Waals surface area contributed by atoms with Crippen molar-refractivity contribution in [3.8, 4) is 0 Å². The third-order valence-corrected chi connectivity index (χ3v) is 10.1. The molecule has 0 aromatic heterocycles. The molecule has 0 aliphatic heterocycles. The number of carbonyl (C=O) groups is 1. The molecule has 1 aromatic rings. The molecule has 0 radical (unpaired) electrons. The number of carbonyl (C=O) groups excluding carboxylic acids is 1. The summed E-state index contributed by atoms with van der Waals surface area (Å²) in [6.45, 7) is 4.84. The lowest BCUT2D eigenvalue weighted by molar-refractivity contribution is -0.134. The quantitative estimate of drug-likeness (QED) is 0.495. The zero-order valence-electron chi connectivity index (χ0n) is 17.7. The van der Waals surface area contributed by atoms with E-state index in [0.29, 0.717) is 23.5 Å². The third-order valence-electron chi connectivity index (χ3n) is 9.59. The summed E-state index contributed by atoms with van der Waals surface area (Å²) in [6.07, 6.45) is 10.7. The van der Waals surface area contributed by atoms with Gasteiger partial charge in [-0.2, -0.15) is 0 Å². The first-order chi connectivity index (χ1) is 13.8. The first-order valence-corrected chi connectivity index (χ1v) is 12.3. The predicted molar refractivity (Wildman–Crippen MR) is 120 cm³/mol. The second kappa shape index (κ2) is 7.05.